The second-order valence-electron chi connectivity index (χ2n) is 2.58. The monoisotopic (exact) mass is 240 g/mol. The van der Waals surface area contributed by atoms with Crippen LogP contribution >= 0.6 is 11.3 Å². The highest BCUT2D eigenvalue weighted by Gasteiger charge is 2.28. The van der Waals surface area contributed by atoms with Crippen molar-refractivity contribution in [3.63, 3.8) is 0 Å². The summed E-state index contributed by atoms with van der Waals surface area (Å²) in [5, 5.41) is 0.649. The van der Waals surface area contributed by atoms with Gasteiger partial charge in [0.2, 0.25) is 0 Å². The van der Waals surface area contributed by atoms with E-state index in [-0.39, 0.29) is 4.88 Å². The molecular weight excluding hydrogens is 233 g/mol. The standard InChI is InChI=1S/C7H7F3N2O2S/c1-4-11-2-5(15-4)6(13)12-14-3-7(8,9)10/h2H,3H2,1H3,(H,12,13). The molecule has 0 aromatic carbocycles. The SMILES string of the molecule is Cc1ncc(C(=O)NOCC(F)(F)F)s1. The number of aromatic nitrogens is 1. The van der Waals surface area contributed by atoms with Crippen LogP contribution in [0, 0.1) is 6.92 Å². The third-order valence-corrected chi connectivity index (χ3v) is 2.16. The number of nitrogens with zero attached hydrogens (tertiary/aromatic N) is 1. The van der Waals surface area contributed by atoms with Crippen molar-refractivity contribution in [1.29, 1.82) is 0 Å². The Hall–Kier alpha value is -1.15. The van der Waals surface area contributed by atoms with E-state index in [1.807, 2.05) is 0 Å². The maximum atomic E-state index is 11.6. The Kier molecular flexibility index (Phi) is 3.64. The molecule has 1 rings (SSSR count). The molecule has 0 aliphatic carbocycles. The second-order valence-corrected chi connectivity index (χ2v) is 3.81. The Balaban J connectivity index is 2.37. The topological polar surface area (TPSA) is 51.2 Å². The van der Waals surface area contributed by atoms with Crippen LogP contribution in [-0.4, -0.2) is 23.7 Å². The van der Waals surface area contributed by atoms with E-state index in [1.54, 1.807) is 12.4 Å². The first-order valence-corrected chi connectivity index (χ1v) is 4.61. The van der Waals surface area contributed by atoms with Crippen molar-refractivity contribution in [3.8, 4) is 0 Å². The fourth-order valence-corrected chi connectivity index (χ4v) is 1.36. The Morgan fingerprint density at radius 2 is 2.33 bits per heavy atom. The number of carbonyl (C=O) groups excluding carboxylic acids is 1. The molecule has 1 aromatic heterocycles. The molecule has 1 heterocycles. The van der Waals surface area contributed by atoms with E-state index in [9.17, 15) is 18.0 Å². The molecule has 0 radical (unpaired) electrons. The van der Waals surface area contributed by atoms with Gasteiger partial charge in [-0.05, 0) is 6.92 Å². The van der Waals surface area contributed by atoms with Gasteiger partial charge in [-0.1, -0.05) is 0 Å². The maximum absolute atomic E-state index is 11.6. The summed E-state index contributed by atoms with van der Waals surface area (Å²) in [7, 11) is 0. The summed E-state index contributed by atoms with van der Waals surface area (Å²) in [5.41, 5.74) is 1.68. The van der Waals surface area contributed by atoms with Crippen molar-refractivity contribution in [3.05, 3.63) is 16.1 Å². The van der Waals surface area contributed by atoms with Gasteiger partial charge in [0.05, 0.1) is 11.2 Å². The Morgan fingerprint density at radius 1 is 1.67 bits per heavy atom. The van der Waals surface area contributed by atoms with E-state index in [0.717, 1.165) is 11.3 Å². The highest BCUT2D eigenvalue weighted by Crippen LogP contribution is 2.14. The molecule has 0 saturated carbocycles. The van der Waals surface area contributed by atoms with Gasteiger partial charge >= 0.3 is 6.18 Å². The Labute approximate surface area is 87.0 Å². The predicted octanol–water partition coefficient (Wildman–Crippen LogP) is 1.68. The number of aryl methyl sites for hydroxylation is 1. The van der Waals surface area contributed by atoms with E-state index >= 15 is 0 Å². The van der Waals surface area contributed by atoms with Crippen LogP contribution in [0.4, 0.5) is 13.2 Å². The third kappa shape index (κ3) is 4.26. The van der Waals surface area contributed by atoms with Crippen LogP contribution in [-0.2, 0) is 4.84 Å². The lowest BCUT2D eigenvalue weighted by molar-refractivity contribution is -0.184. The molecule has 8 heteroatoms. The lowest BCUT2D eigenvalue weighted by atomic mass is 10.5. The van der Waals surface area contributed by atoms with Crippen molar-refractivity contribution in [1.82, 2.24) is 10.5 Å². The molecule has 4 nitrogen and oxygen atoms in total. The number of rotatable bonds is 3. The van der Waals surface area contributed by atoms with Crippen LogP contribution in [0.3, 0.4) is 0 Å². The molecule has 0 bridgehead atoms. The number of amides is 1. The van der Waals surface area contributed by atoms with Crippen molar-refractivity contribution in [2.75, 3.05) is 6.61 Å². The number of hydrogen-bond donors (Lipinski definition) is 1. The number of thiazole rings is 1. The van der Waals surface area contributed by atoms with Gasteiger partial charge in [0.25, 0.3) is 5.91 Å². The van der Waals surface area contributed by atoms with E-state index in [2.05, 4.69) is 9.82 Å². The largest absolute Gasteiger partial charge is 0.414 e. The van der Waals surface area contributed by atoms with Crippen LogP contribution in [0.15, 0.2) is 6.20 Å². The highest BCUT2D eigenvalue weighted by atomic mass is 32.1. The van der Waals surface area contributed by atoms with Crippen molar-refractivity contribution in [2.24, 2.45) is 0 Å². The molecule has 1 amide bonds. The van der Waals surface area contributed by atoms with Crippen LogP contribution in [0.5, 0.6) is 0 Å². The number of alkyl halides is 3. The van der Waals surface area contributed by atoms with Gasteiger partial charge in [-0.3, -0.25) is 9.63 Å². The summed E-state index contributed by atoms with van der Waals surface area (Å²) in [6.45, 7) is 0.161. The molecule has 0 atom stereocenters. The molecule has 0 spiro atoms. The normalized spacial score (nSPS) is 11.5. The number of hydroxylamine groups is 1. The molecule has 0 unspecified atom stereocenters. The zero-order chi connectivity index (χ0) is 11.5. The molecule has 15 heavy (non-hydrogen) atoms. The summed E-state index contributed by atoms with van der Waals surface area (Å²) in [5.74, 6) is -0.732. The molecule has 1 N–H and O–H groups in total. The Morgan fingerprint density at radius 3 is 2.80 bits per heavy atom. The zero-order valence-electron chi connectivity index (χ0n) is 7.59. The first kappa shape index (κ1) is 11.9. The molecule has 0 aliphatic heterocycles. The second kappa shape index (κ2) is 4.58. The van der Waals surface area contributed by atoms with E-state index in [0.29, 0.717) is 5.01 Å². The zero-order valence-corrected chi connectivity index (χ0v) is 8.41. The number of carbonyl (C=O) groups is 1. The lowest BCUT2D eigenvalue weighted by Crippen LogP contribution is -2.29. The maximum Gasteiger partial charge on any atom is 0.414 e. The highest BCUT2D eigenvalue weighted by molar-refractivity contribution is 7.13. The van der Waals surface area contributed by atoms with E-state index in [4.69, 9.17) is 0 Å². The lowest BCUT2D eigenvalue weighted by Gasteiger charge is -2.06. The number of halogens is 3. The van der Waals surface area contributed by atoms with Crippen molar-refractivity contribution >= 4 is 17.2 Å². The fraction of sp³-hybridized carbons (Fsp3) is 0.429. The molecule has 84 valence electrons. The smallest absolute Gasteiger partial charge is 0.266 e. The summed E-state index contributed by atoms with van der Waals surface area (Å²) in [4.78, 5) is 19.1. The van der Waals surface area contributed by atoms with E-state index < -0.39 is 18.7 Å². The molecule has 0 fully saturated rings. The minimum Gasteiger partial charge on any atom is -0.266 e. The summed E-state index contributed by atoms with van der Waals surface area (Å²) in [6.07, 6.45) is -3.19. The van der Waals surface area contributed by atoms with Gasteiger partial charge in [-0.2, -0.15) is 13.2 Å². The summed E-state index contributed by atoms with van der Waals surface area (Å²) in [6, 6.07) is 0. The van der Waals surface area contributed by atoms with Crippen molar-refractivity contribution < 1.29 is 22.8 Å². The molecular formula is C7H7F3N2O2S. The summed E-state index contributed by atoms with van der Waals surface area (Å²) < 4.78 is 34.9. The van der Waals surface area contributed by atoms with Crippen LogP contribution in [0.2, 0.25) is 0 Å². The predicted molar refractivity (Wildman–Crippen MR) is 46.3 cm³/mol. The van der Waals surface area contributed by atoms with Gasteiger partial charge in [0.1, 0.15) is 4.88 Å². The van der Waals surface area contributed by atoms with Crippen LogP contribution in [0.25, 0.3) is 0 Å². The summed E-state index contributed by atoms with van der Waals surface area (Å²) >= 11 is 1.07. The van der Waals surface area contributed by atoms with Gasteiger partial charge in [-0.25, -0.2) is 10.5 Å². The third-order valence-electron chi connectivity index (χ3n) is 1.25. The minimum atomic E-state index is -4.46. The van der Waals surface area contributed by atoms with Crippen LogP contribution in [0.1, 0.15) is 14.7 Å². The first-order chi connectivity index (χ1) is 6.88. The first-order valence-electron chi connectivity index (χ1n) is 3.80. The van der Waals surface area contributed by atoms with Crippen molar-refractivity contribution in [2.45, 2.75) is 13.1 Å². The molecule has 1 aromatic rings. The fourth-order valence-electron chi connectivity index (χ4n) is 0.700. The Bertz CT molecular complexity index is 350. The quantitative estimate of drug-likeness (QED) is 0.818. The average molecular weight is 240 g/mol. The van der Waals surface area contributed by atoms with E-state index in [1.165, 1.54) is 6.20 Å². The van der Waals surface area contributed by atoms with Gasteiger partial charge < -0.3 is 0 Å². The van der Waals surface area contributed by atoms with Crippen LogP contribution < -0.4 is 5.48 Å². The van der Waals surface area contributed by atoms with Gasteiger partial charge in [0, 0.05) is 0 Å². The van der Waals surface area contributed by atoms with Gasteiger partial charge in [0.15, 0.2) is 6.61 Å². The average Bonchev–Trinajstić information content (AvgIpc) is 2.49. The number of hydrogen-bond acceptors (Lipinski definition) is 4. The molecule has 0 aliphatic rings. The number of nitrogens with one attached hydrogen (secondary N) is 1. The van der Waals surface area contributed by atoms with Gasteiger partial charge in [-0.15, -0.1) is 11.3 Å². The minimum absolute atomic E-state index is 0.203. The molecule has 0 saturated heterocycles.